The van der Waals surface area contributed by atoms with Crippen molar-refractivity contribution in [1.29, 1.82) is 0 Å². The van der Waals surface area contributed by atoms with Gasteiger partial charge >= 0.3 is 29.6 Å². The van der Waals surface area contributed by atoms with Crippen LogP contribution in [0.4, 0.5) is 0 Å². The molecule has 0 fully saturated rings. The molecule has 44 valence electrons. The normalized spacial score (nSPS) is 15.3. The maximum Gasteiger partial charge on any atom is 1.00 e. The molecule has 0 aromatic carbocycles. The molecule has 9 heavy (non-hydrogen) atoms. The summed E-state index contributed by atoms with van der Waals surface area (Å²) in [5.41, 5.74) is 0. The van der Waals surface area contributed by atoms with Crippen LogP contribution in [0.3, 0.4) is 0 Å². The van der Waals surface area contributed by atoms with Crippen LogP contribution in [-0.4, -0.2) is 22.3 Å². The Kier molecular flexibility index (Phi) is 5.07. The first-order valence-corrected chi connectivity index (χ1v) is 3.23. The Balaban J connectivity index is 0.000000640. The molecule has 0 amide bonds. The third-order valence-corrected chi connectivity index (χ3v) is 1.59. The van der Waals surface area contributed by atoms with Crippen molar-refractivity contribution in [2.45, 2.75) is 0 Å². The summed E-state index contributed by atoms with van der Waals surface area (Å²) >= 11 is 9.51. The molecule has 0 unspecified atom stereocenters. The van der Waals surface area contributed by atoms with Gasteiger partial charge in [0.15, 0.2) is 0 Å². The topological polar surface area (TPSA) is 3.24 Å². The van der Waals surface area contributed by atoms with Gasteiger partial charge in [-0.2, -0.15) is 0 Å². The zero-order chi connectivity index (χ0) is 5.98. The minimum atomic E-state index is 0. The third kappa shape index (κ3) is 2.96. The van der Waals surface area contributed by atoms with E-state index in [2.05, 4.69) is 12.2 Å². The molecule has 0 aromatic heterocycles. The first-order valence-electron chi connectivity index (χ1n) is 2.41. The van der Waals surface area contributed by atoms with Crippen LogP contribution in [0.1, 0.15) is 0 Å². The molecule has 1 nitrogen and oxygen atoms in total. The van der Waals surface area contributed by atoms with Gasteiger partial charge in [-0.1, -0.05) is 16.5 Å². The molecule has 0 spiro atoms. The van der Waals surface area contributed by atoms with Crippen molar-refractivity contribution in [3.63, 3.8) is 0 Å². The van der Waals surface area contributed by atoms with E-state index in [1.807, 2.05) is 4.90 Å². The molecule has 0 aliphatic carbocycles. The van der Waals surface area contributed by atoms with Crippen molar-refractivity contribution >= 4 is 29.2 Å². The summed E-state index contributed by atoms with van der Waals surface area (Å²) in [5.74, 6) is 0. The summed E-state index contributed by atoms with van der Waals surface area (Å²) in [6, 6.07) is 0. The van der Waals surface area contributed by atoms with Gasteiger partial charge in [0, 0.05) is 13.1 Å². The summed E-state index contributed by atoms with van der Waals surface area (Å²) in [5, 5.41) is 0. The van der Waals surface area contributed by atoms with Crippen molar-refractivity contribution in [3.8, 4) is 0 Å². The summed E-state index contributed by atoms with van der Waals surface area (Å²) < 4.78 is 0.579. The maximum atomic E-state index is 4.76. The monoisotopic (exact) mass is 167 g/mol. The van der Waals surface area contributed by atoms with Gasteiger partial charge in [0.1, 0.15) is 0 Å². The van der Waals surface area contributed by atoms with Crippen LogP contribution in [0.15, 0.2) is 12.2 Å². The Morgan fingerprint density at radius 3 is 2.11 bits per heavy atom. The largest absolute Gasteiger partial charge is 1.00 e. The molecule has 4 heteroatoms. The van der Waals surface area contributed by atoms with Crippen molar-refractivity contribution in [2.24, 2.45) is 0 Å². The number of thiocarbonyl (C=S) groups is 1. The molecular formula is C5H6NNaS2. The zero-order valence-electron chi connectivity index (χ0n) is 5.33. The quantitative estimate of drug-likeness (QED) is 0.173. The molecule has 0 N–H and O–H groups in total. The summed E-state index contributed by atoms with van der Waals surface area (Å²) in [6.07, 6.45) is 4.14. The molecule has 1 aliphatic rings. The van der Waals surface area contributed by atoms with Gasteiger partial charge in [0.25, 0.3) is 0 Å². The second-order valence-electron chi connectivity index (χ2n) is 1.64. The van der Waals surface area contributed by atoms with E-state index in [4.69, 9.17) is 24.8 Å². The summed E-state index contributed by atoms with van der Waals surface area (Å²) in [4.78, 5) is 1.96. The molecule has 0 aromatic rings. The average Bonchev–Trinajstić information content (AvgIpc) is 2.12. The van der Waals surface area contributed by atoms with E-state index in [0.29, 0.717) is 4.32 Å². The Morgan fingerprint density at radius 1 is 1.44 bits per heavy atom. The SMILES string of the molecule is S=C([S-])N1CC=CC1.[Na+]. The Labute approximate surface area is 88.2 Å². The summed E-state index contributed by atoms with van der Waals surface area (Å²) in [6.45, 7) is 1.81. The molecule has 0 atom stereocenters. The maximum absolute atomic E-state index is 4.76. The molecule has 1 aliphatic heterocycles. The van der Waals surface area contributed by atoms with Crippen LogP contribution in [0.25, 0.3) is 0 Å². The van der Waals surface area contributed by atoms with E-state index < -0.39 is 0 Å². The minimum absolute atomic E-state index is 0. The predicted molar refractivity (Wildman–Crippen MR) is 40.7 cm³/mol. The fraction of sp³-hybridized carbons (Fsp3) is 0.400. The first-order chi connectivity index (χ1) is 3.80. The van der Waals surface area contributed by atoms with Gasteiger partial charge in [-0.25, -0.2) is 0 Å². The van der Waals surface area contributed by atoms with E-state index in [1.54, 1.807) is 0 Å². The first kappa shape index (κ1) is 9.85. The molecule has 1 heterocycles. The molecule has 0 saturated heterocycles. The molecule has 0 saturated carbocycles. The molecular weight excluding hydrogens is 161 g/mol. The smallest absolute Gasteiger partial charge is 0.411 e. The zero-order valence-corrected chi connectivity index (χ0v) is 8.97. The Hall–Kier alpha value is 0.850. The fourth-order valence-corrected chi connectivity index (χ4v) is 0.925. The van der Waals surface area contributed by atoms with E-state index >= 15 is 0 Å². The van der Waals surface area contributed by atoms with Crippen molar-refractivity contribution in [3.05, 3.63) is 12.2 Å². The predicted octanol–water partition coefficient (Wildman–Crippen LogP) is -2.31. The van der Waals surface area contributed by atoms with Crippen LogP contribution in [-0.2, 0) is 12.6 Å². The van der Waals surface area contributed by atoms with E-state index in [9.17, 15) is 0 Å². The Bertz CT molecular complexity index is 127. The second-order valence-corrected chi connectivity index (χ2v) is 2.67. The average molecular weight is 167 g/mol. The Morgan fingerprint density at radius 2 is 1.89 bits per heavy atom. The number of nitrogens with zero attached hydrogens (tertiary/aromatic N) is 1. The van der Waals surface area contributed by atoms with E-state index in [-0.39, 0.29) is 29.6 Å². The van der Waals surface area contributed by atoms with Crippen molar-refractivity contribution in [2.75, 3.05) is 13.1 Å². The van der Waals surface area contributed by atoms with Gasteiger partial charge in [0.2, 0.25) is 0 Å². The van der Waals surface area contributed by atoms with Gasteiger partial charge < -0.3 is 29.7 Å². The number of hydrogen-bond acceptors (Lipinski definition) is 2. The van der Waals surface area contributed by atoms with E-state index in [1.165, 1.54) is 0 Å². The van der Waals surface area contributed by atoms with E-state index in [0.717, 1.165) is 13.1 Å². The standard InChI is InChI=1S/C5H7NS2.Na/c7-5(8)6-3-1-2-4-6;/h1-2H,3-4H2,(H,7,8);/q;+1/p-1. The van der Waals surface area contributed by atoms with Gasteiger partial charge in [-0.15, -0.1) is 0 Å². The van der Waals surface area contributed by atoms with Gasteiger partial charge in [-0.3, -0.25) is 0 Å². The summed E-state index contributed by atoms with van der Waals surface area (Å²) in [7, 11) is 0. The fourth-order valence-electron chi connectivity index (χ4n) is 0.627. The van der Waals surface area contributed by atoms with Gasteiger partial charge in [-0.05, 0) is 0 Å². The van der Waals surface area contributed by atoms with Crippen LogP contribution in [0.2, 0.25) is 0 Å². The third-order valence-electron chi connectivity index (χ3n) is 1.08. The molecule has 1 rings (SSSR count). The molecule has 0 radical (unpaired) electrons. The van der Waals surface area contributed by atoms with Crippen molar-refractivity contribution < 1.29 is 29.6 Å². The number of rotatable bonds is 0. The van der Waals surface area contributed by atoms with Gasteiger partial charge in [0.05, 0.1) is 0 Å². The number of hydrogen-bond donors (Lipinski definition) is 0. The van der Waals surface area contributed by atoms with Crippen molar-refractivity contribution in [1.82, 2.24) is 4.90 Å². The molecule has 0 bridgehead atoms. The van der Waals surface area contributed by atoms with Crippen LogP contribution < -0.4 is 29.6 Å². The minimum Gasteiger partial charge on any atom is -0.411 e. The van der Waals surface area contributed by atoms with Crippen LogP contribution in [0, 0.1) is 0 Å². The van der Waals surface area contributed by atoms with Crippen LogP contribution in [0.5, 0.6) is 0 Å². The second kappa shape index (κ2) is 4.63. The van der Waals surface area contributed by atoms with Crippen LogP contribution >= 0.6 is 12.2 Å².